The molecule has 21 heavy (non-hydrogen) atoms. The van der Waals surface area contributed by atoms with E-state index in [-0.39, 0.29) is 6.04 Å². The standard InChI is InChI=1S/C17H18Cl3N/c1-3-8-21-17(12-4-7-15(19)11(2)9-12)14-6-5-13(18)10-16(14)20/h4-7,9-10,17,21H,3,8H2,1-2H3. The van der Waals surface area contributed by atoms with Gasteiger partial charge in [-0.1, -0.05) is 59.9 Å². The lowest BCUT2D eigenvalue weighted by Gasteiger charge is -2.21. The van der Waals surface area contributed by atoms with Crippen LogP contribution < -0.4 is 5.32 Å². The molecule has 0 fully saturated rings. The second-order valence-electron chi connectivity index (χ2n) is 5.06. The zero-order chi connectivity index (χ0) is 15.4. The highest BCUT2D eigenvalue weighted by atomic mass is 35.5. The topological polar surface area (TPSA) is 12.0 Å². The Kier molecular flexibility index (Phi) is 5.95. The summed E-state index contributed by atoms with van der Waals surface area (Å²) in [5, 5.41) is 5.63. The lowest BCUT2D eigenvalue weighted by molar-refractivity contribution is 0.598. The molecule has 1 unspecified atom stereocenters. The first-order valence-corrected chi connectivity index (χ1v) is 8.10. The molecule has 2 rings (SSSR count). The van der Waals surface area contributed by atoms with E-state index in [4.69, 9.17) is 34.8 Å². The summed E-state index contributed by atoms with van der Waals surface area (Å²) in [5.74, 6) is 0. The summed E-state index contributed by atoms with van der Waals surface area (Å²) in [6.45, 7) is 5.05. The maximum atomic E-state index is 6.37. The predicted octanol–water partition coefficient (Wildman–Crippen LogP) is 6.04. The third-order valence-corrected chi connectivity index (χ3v) is 4.37. The molecule has 0 spiro atoms. The molecular formula is C17H18Cl3N. The Hall–Kier alpha value is -0.730. The van der Waals surface area contributed by atoms with Gasteiger partial charge in [-0.15, -0.1) is 0 Å². The molecule has 0 aliphatic rings. The van der Waals surface area contributed by atoms with Gasteiger partial charge in [0.15, 0.2) is 0 Å². The number of hydrogen-bond donors (Lipinski definition) is 1. The van der Waals surface area contributed by atoms with Crippen LogP contribution in [0.5, 0.6) is 0 Å². The van der Waals surface area contributed by atoms with Crippen LogP contribution in [0.2, 0.25) is 15.1 Å². The summed E-state index contributed by atoms with van der Waals surface area (Å²) in [6, 6.07) is 11.7. The fourth-order valence-corrected chi connectivity index (χ4v) is 2.91. The number of halogens is 3. The Morgan fingerprint density at radius 2 is 1.76 bits per heavy atom. The van der Waals surface area contributed by atoms with Crippen LogP contribution in [0.15, 0.2) is 36.4 Å². The quantitative estimate of drug-likeness (QED) is 0.698. The van der Waals surface area contributed by atoms with Crippen molar-refractivity contribution in [1.29, 1.82) is 0 Å². The highest BCUT2D eigenvalue weighted by molar-refractivity contribution is 6.35. The van der Waals surface area contributed by atoms with Crippen molar-refractivity contribution >= 4 is 34.8 Å². The van der Waals surface area contributed by atoms with Crippen molar-refractivity contribution in [1.82, 2.24) is 5.32 Å². The van der Waals surface area contributed by atoms with E-state index in [9.17, 15) is 0 Å². The Labute approximate surface area is 141 Å². The minimum absolute atomic E-state index is 0.0330. The van der Waals surface area contributed by atoms with E-state index in [0.717, 1.165) is 34.7 Å². The molecule has 0 aliphatic heterocycles. The van der Waals surface area contributed by atoms with Crippen LogP contribution in [0.1, 0.15) is 36.1 Å². The number of rotatable bonds is 5. The molecule has 112 valence electrons. The third-order valence-electron chi connectivity index (χ3n) is 3.39. The molecule has 0 saturated carbocycles. The fraction of sp³-hybridized carbons (Fsp3) is 0.294. The number of aryl methyl sites for hydroxylation is 1. The molecule has 0 aliphatic carbocycles. The van der Waals surface area contributed by atoms with E-state index >= 15 is 0 Å². The van der Waals surface area contributed by atoms with Crippen molar-refractivity contribution in [3.63, 3.8) is 0 Å². The minimum atomic E-state index is 0.0330. The van der Waals surface area contributed by atoms with Gasteiger partial charge in [0, 0.05) is 15.1 Å². The average molecular weight is 343 g/mol. The number of hydrogen-bond acceptors (Lipinski definition) is 1. The van der Waals surface area contributed by atoms with E-state index in [2.05, 4.69) is 18.3 Å². The Morgan fingerprint density at radius 3 is 2.38 bits per heavy atom. The second-order valence-corrected chi connectivity index (χ2v) is 6.31. The van der Waals surface area contributed by atoms with Crippen LogP contribution in [0.3, 0.4) is 0 Å². The predicted molar refractivity (Wildman–Crippen MR) is 92.8 cm³/mol. The number of nitrogens with one attached hydrogen (secondary N) is 1. The SMILES string of the molecule is CCCNC(c1ccc(Cl)c(C)c1)c1ccc(Cl)cc1Cl. The van der Waals surface area contributed by atoms with E-state index < -0.39 is 0 Å². The van der Waals surface area contributed by atoms with Crippen LogP contribution in [0.4, 0.5) is 0 Å². The Morgan fingerprint density at radius 1 is 1.00 bits per heavy atom. The molecule has 0 amide bonds. The van der Waals surface area contributed by atoms with Gasteiger partial charge in [-0.3, -0.25) is 0 Å². The lowest BCUT2D eigenvalue weighted by atomic mass is 9.97. The van der Waals surface area contributed by atoms with E-state index in [1.54, 1.807) is 6.07 Å². The molecule has 1 N–H and O–H groups in total. The van der Waals surface area contributed by atoms with Gasteiger partial charge in [0.25, 0.3) is 0 Å². The van der Waals surface area contributed by atoms with Gasteiger partial charge in [-0.05, 0) is 54.8 Å². The van der Waals surface area contributed by atoms with Gasteiger partial charge in [-0.25, -0.2) is 0 Å². The van der Waals surface area contributed by atoms with Crippen molar-refractivity contribution in [2.75, 3.05) is 6.54 Å². The largest absolute Gasteiger partial charge is 0.306 e. The highest BCUT2D eigenvalue weighted by Gasteiger charge is 2.17. The van der Waals surface area contributed by atoms with Gasteiger partial charge in [0.2, 0.25) is 0 Å². The fourth-order valence-electron chi connectivity index (χ4n) is 2.28. The van der Waals surface area contributed by atoms with Crippen LogP contribution in [0.25, 0.3) is 0 Å². The molecular weight excluding hydrogens is 325 g/mol. The third kappa shape index (κ3) is 4.14. The summed E-state index contributed by atoms with van der Waals surface area (Å²) in [7, 11) is 0. The highest BCUT2D eigenvalue weighted by Crippen LogP contribution is 2.32. The van der Waals surface area contributed by atoms with Crippen LogP contribution in [-0.2, 0) is 0 Å². The van der Waals surface area contributed by atoms with Crippen molar-refractivity contribution < 1.29 is 0 Å². The average Bonchev–Trinajstić information content (AvgIpc) is 2.44. The molecule has 1 nitrogen and oxygen atoms in total. The number of benzene rings is 2. The molecule has 4 heteroatoms. The first-order valence-electron chi connectivity index (χ1n) is 6.97. The first-order chi connectivity index (χ1) is 10.0. The summed E-state index contributed by atoms with van der Waals surface area (Å²) in [4.78, 5) is 0. The molecule has 1 atom stereocenters. The lowest BCUT2D eigenvalue weighted by Crippen LogP contribution is -2.23. The monoisotopic (exact) mass is 341 g/mol. The zero-order valence-corrected chi connectivity index (χ0v) is 14.4. The normalized spacial score (nSPS) is 12.4. The molecule has 0 radical (unpaired) electrons. The van der Waals surface area contributed by atoms with Gasteiger partial charge in [0.1, 0.15) is 0 Å². The minimum Gasteiger partial charge on any atom is -0.306 e. The van der Waals surface area contributed by atoms with Crippen molar-refractivity contribution in [3.8, 4) is 0 Å². The molecule has 0 saturated heterocycles. The first kappa shape index (κ1) is 16.6. The van der Waals surface area contributed by atoms with E-state index in [1.807, 2.05) is 31.2 Å². The maximum Gasteiger partial charge on any atom is 0.0591 e. The van der Waals surface area contributed by atoms with Crippen LogP contribution in [-0.4, -0.2) is 6.54 Å². The Balaban J connectivity index is 2.44. The molecule has 0 bridgehead atoms. The van der Waals surface area contributed by atoms with Gasteiger partial charge in [0.05, 0.1) is 6.04 Å². The van der Waals surface area contributed by atoms with Gasteiger partial charge < -0.3 is 5.32 Å². The summed E-state index contributed by atoms with van der Waals surface area (Å²) in [6.07, 6.45) is 1.05. The summed E-state index contributed by atoms with van der Waals surface area (Å²) < 4.78 is 0. The summed E-state index contributed by atoms with van der Waals surface area (Å²) in [5.41, 5.74) is 3.23. The van der Waals surface area contributed by atoms with Crippen molar-refractivity contribution in [2.24, 2.45) is 0 Å². The van der Waals surface area contributed by atoms with Crippen molar-refractivity contribution in [3.05, 3.63) is 68.2 Å². The van der Waals surface area contributed by atoms with Crippen LogP contribution in [0, 0.1) is 6.92 Å². The molecule has 0 aromatic heterocycles. The molecule has 2 aromatic rings. The van der Waals surface area contributed by atoms with Crippen molar-refractivity contribution in [2.45, 2.75) is 26.3 Å². The van der Waals surface area contributed by atoms with Gasteiger partial charge >= 0.3 is 0 Å². The van der Waals surface area contributed by atoms with Gasteiger partial charge in [-0.2, -0.15) is 0 Å². The molecule has 0 heterocycles. The van der Waals surface area contributed by atoms with E-state index in [0.29, 0.717) is 10.0 Å². The second kappa shape index (κ2) is 7.51. The smallest absolute Gasteiger partial charge is 0.0591 e. The maximum absolute atomic E-state index is 6.37. The van der Waals surface area contributed by atoms with E-state index in [1.165, 1.54) is 0 Å². The van der Waals surface area contributed by atoms with Crippen LogP contribution >= 0.6 is 34.8 Å². The zero-order valence-electron chi connectivity index (χ0n) is 12.1. The summed E-state index contributed by atoms with van der Waals surface area (Å²) >= 11 is 18.5. The Bertz CT molecular complexity index is 625. The molecule has 2 aromatic carbocycles.